The molecule has 2 aromatic heterocycles. The molecule has 0 bridgehead atoms. The van der Waals surface area contributed by atoms with Crippen LogP contribution < -0.4 is 16.4 Å². The second-order valence-corrected chi connectivity index (χ2v) is 7.40. The highest BCUT2D eigenvalue weighted by atomic mass is 32.2. The van der Waals surface area contributed by atoms with E-state index < -0.39 is 35.9 Å². The molecule has 0 saturated heterocycles. The van der Waals surface area contributed by atoms with Crippen LogP contribution in [-0.4, -0.2) is 73.0 Å². The first-order chi connectivity index (χ1) is 13.9. The van der Waals surface area contributed by atoms with Crippen molar-refractivity contribution in [2.24, 2.45) is 5.73 Å². The van der Waals surface area contributed by atoms with Gasteiger partial charge in [0.15, 0.2) is 0 Å². The summed E-state index contributed by atoms with van der Waals surface area (Å²) in [6.07, 6.45) is 8.40. The zero-order valence-electron chi connectivity index (χ0n) is 15.9. The van der Waals surface area contributed by atoms with E-state index in [-0.39, 0.29) is 12.8 Å². The summed E-state index contributed by atoms with van der Waals surface area (Å²) in [6.45, 7) is 0. The van der Waals surface area contributed by atoms with Gasteiger partial charge in [0, 0.05) is 36.6 Å². The van der Waals surface area contributed by atoms with Crippen molar-refractivity contribution in [2.75, 3.05) is 12.0 Å². The minimum Gasteiger partial charge on any atom is -0.480 e. The zero-order chi connectivity index (χ0) is 21.2. The lowest BCUT2D eigenvalue weighted by molar-refractivity contribution is -0.142. The van der Waals surface area contributed by atoms with Crippen molar-refractivity contribution in [2.45, 2.75) is 37.4 Å². The number of hydrogen-bond acceptors (Lipinski definition) is 7. The smallest absolute Gasteiger partial charge is 0.326 e. The normalized spacial score (nSPS) is 14.0. The molecular formula is C17H25N7O4S. The van der Waals surface area contributed by atoms with Gasteiger partial charge in [-0.15, -0.1) is 0 Å². The molecule has 2 rings (SSSR count). The van der Waals surface area contributed by atoms with Crippen LogP contribution in [0.2, 0.25) is 0 Å². The van der Waals surface area contributed by atoms with Crippen molar-refractivity contribution in [3.05, 3.63) is 36.4 Å². The van der Waals surface area contributed by atoms with Crippen LogP contribution in [0.25, 0.3) is 0 Å². The van der Waals surface area contributed by atoms with Gasteiger partial charge in [-0.2, -0.15) is 11.8 Å². The van der Waals surface area contributed by atoms with E-state index in [9.17, 15) is 19.5 Å². The molecule has 0 saturated carbocycles. The Morgan fingerprint density at radius 3 is 2.10 bits per heavy atom. The quantitative estimate of drug-likeness (QED) is 0.253. The van der Waals surface area contributed by atoms with Crippen molar-refractivity contribution in [3.63, 3.8) is 0 Å². The summed E-state index contributed by atoms with van der Waals surface area (Å²) in [5.41, 5.74) is 7.06. The molecule has 2 heterocycles. The van der Waals surface area contributed by atoms with Crippen LogP contribution >= 0.6 is 11.8 Å². The van der Waals surface area contributed by atoms with Crippen LogP contribution in [0.1, 0.15) is 17.8 Å². The molecule has 11 nitrogen and oxygen atoms in total. The van der Waals surface area contributed by atoms with Gasteiger partial charge in [0.1, 0.15) is 12.1 Å². The SMILES string of the molecule is CSCC[C@H](N)C(=O)N[C@@H](Cc1cnc[nH]1)C(=O)N[C@@H](Cc1cnc[nH]1)C(=O)O. The lowest BCUT2D eigenvalue weighted by atomic mass is 10.1. The fourth-order valence-corrected chi connectivity index (χ4v) is 3.06. The Labute approximate surface area is 171 Å². The van der Waals surface area contributed by atoms with E-state index in [2.05, 4.69) is 30.6 Å². The molecule has 7 N–H and O–H groups in total. The van der Waals surface area contributed by atoms with Gasteiger partial charge in [-0.1, -0.05) is 0 Å². The average Bonchev–Trinajstić information content (AvgIpc) is 3.38. The molecule has 0 spiro atoms. The zero-order valence-corrected chi connectivity index (χ0v) is 16.7. The van der Waals surface area contributed by atoms with Gasteiger partial charge in [0.2, 0.25) is 11.8 Å². The summed E-state index contributed by atoms with van der Waals surface area (Å²) in [5, 5.41) is 14.5. The lowest BCUT2D eigenvalue weighted by Gasteiger charge is -2.22. The third kappa shape index (κ3) is 7.23. The second-order valence-electron chi connectivity index (χ2n) is 6.41. The number of carboxylic acids is 1. The number of aliphatic carboxylic acids is 1. The Morgan fingerprint density at radius 1 is 1.07 bits per heavy atom. The molecule has 0 aliphatic carbocycles. The van der Waals surface area contributed by atoms with Gasteiger partial charge in [-0.3, -0.25) is 9.59 Å². The number of aromatic nitrogens is 4. The Balaban J connectivity index is 2.07. The first-order valence-corrected chi connectivity index (χ1v) is 10.3. The highest BCUT2D eigenvalue weighted by molar-refractivity contribution is 7.98. The second kappa shape index (κ2) is 11.2. The summed E-state index contributed by atoms with van der Waals surface area (Å²) in [6, 6.07) is -2.96. The van der Waals surface area contributed by atoms with Crippen LogP contribution in [-0.2, 0) is 27.2 Å². The molecule has 3 atom stereocenters. The lowest BCUT2D eigenvalue weighted by Crippen LogP contribution is -2.55. The van der Waals surface area contributed by atoms with Crippen LogP contribution in [0, 0.1) is 0 Å². The molecule has 158 valence electrons. The van der Waals surface area contributed by atoms with Crippen molar-refractivity contribution < 1.29 is 19.5 Å². The number of nitrogens with two attached hydrogens (primary N) is 1. The van der Waals surface area contributed by atoms with Crippen molar-refractivity contribution in [1.29, 1.82) is 0 Å². The number of rotatable bonds is 12. The van der Waals surface area contributed by atoms with Crippen LogP contribution in [0.5, 0.6) is 0 Å². The third-order valence-electron chi connectivity index (χ3n) is 4.18. The van der Waals surface area contributed by atoms with E-state index in [0.717, 1.165) is 0 Å². The standard InChI is InChI=1S/C17H25N7O4S/c1-29-3-2-12(18)15(25)23-13(4-10-6-19-8-21-10)16(26)24-14(17(27)28)5-11-7-20-9-22-11/h6-9,12-14H,2-5,18H2,1H3,(H,19,21)(H,20,22)(H,23,25)(H,24,26)(H,27,28)/t12-,13-,14-/m0/s1. The molecule has 2 amide bonds. The number of amides is 2. The number of aromatic amines is 2. The third-order valence-corrected chi connectivity index (χ3v) is 4.82. The van der Waals surface area contributed by atoms with Crippen molar-refractivity contribution >= 4 is 29.5 Å². The van der Waals surface area contributed by atoms with Gasteiger partial charge in [-0.25, -0.2) is 14.8 Å². The first kappa shape index (κ1) is 22.4. The maximum absolute atomic E-state index is 12.8. The van der Waals surface area contributed by atoms with E-state index in [4.69, 9.17) is 5.73 Å². The fourth-order valence-electron chi connectivity index (χ4n) is 2.57. The maximum Gasteiger partial charge on any atom is 0.326 e. The Hall–Kier alpha value is -2.86. The van der Waals surface area contributed by atoms with Crippen molar-refractivity contribution in [1.82, 2.24) is 30.6 Å². The molecule has 0 aliphatic rings. The predicted molar refractivity (Wildman–Crippen MR) is 107 cm³/mol. The van der Waals surface area contributed by atoms with Gasteiger partial charge in [0.05, 0.1) is 18.7 Å². The molecule has 12 heteroatoms. The summed E-state index contributed by atoms with van der Waals surface area (Å²) in [5.74, 6) is -1.59. The number of H-pyrrole nitrogens is 2. The summed E-state index contributed by atoms with van der Waals surface area (Å²) in [7, 11) is 0. The van der Waals surface area contributed by atoms with Gasteiger partial charge < -0.3 is 31.4 Å². The molecule has 0 unspecified atom stereocenters. The fraction of sp³-hybridized carbons (Fsp3) is 0.471. The minimum atomic E-state index is -1.20. The largest absolute Gasteiger partial charge is 0.480 e. The molecule has 0 aromatic carbocycles. The molecular weight excluding hydrogens is 398 g/mol. The number of carboxylic acid groups (broad SMARTS) is 1. The molecule has 0 radical (unpaired) electrons. The number of nitrogens with zero attached hydrogens (tertiary/aromatic N) is 2. The number of carbonyl (C=O) groups is 3. The summed E-state index contributed by atoms with van der Waals surface area (Å²) < 4.78 is 0. The monoisotopic (exact) mass is 423 g/mol. The Kier molecular flexibility index (Phi) is 8.68. The number of imidazole rings is 2. The summed E-state index contributed by atoms with van der Waals surface area (Å²) >= 11 is 1.56. The van der Waals surface area contributed by atoms with Crippen molar-refractivity contribution in [3.8, 4) is 0 Å². The molecule has 0 aliphatic heterocycles. The Morgan fingerprint density at radius 2 is 1.62 bits per heavy atom. The van der Waals surface area contributed by atoms with E-state index in [1.165, 1.54) is 25.0 Å². The first-order valence-electron chi connectivity index (χ1n) is 8.93. The minimum absolute atomic E-state index is 0.0268. The summed E-state index contributed by atoms with van der Waals surface area (Å²) in [4.78, 5) is 50.2. The van der Waals surface area contributed by atoms with E-state index in [1.807, 2.05) is 6.26 Å². The topological polar surface area (TPSA) is 179 Å². The van der Waals surface area contributed by atoms with Gasteiger partial charge in [-0.05, 0) is 18.4 Å². The number of nitrogens with one attached hydrogen (secondary N) is 4. The molecule has 29 heavy (non-hydrogen) atoms. The number of carbonyl (C=O) groups excluding carboxylic acids is 2. The van der Waals surface area contributed by atoms with Crippen LogP contribution in [0.3, 0.4) is 0 Å². The molecule has 2 aromatic rings. The van der Waals surface area contributed by atoms with Gasteiger partial charge >= 0.3 is 5.97 Å². The van der Waals surface area contributed by atoms with E-state index in [0.29, 0.717) is 23.6 Å². The maximum atomic E-state index is 12.8. The van der Waals surface area contributed by atoms with Crippen LogP contribution in [0.15, 0.2) is 25.0 Å². The van der Waals surface area contributed by atoms with E-state index >= 15 is 0 Å². The Bertz CT molecular complexity index is 782. The number of hydrogen-bond donors (Lipinski definition) is 6. The highest BCUT2D eigenvalue weighted by Gasteiger charge is 2.28. The average molecular weight is 423 g/mol. The number of thioether (sulfide) groups is 1. The highest BCUT2D eigenvalue weighted by Crippen LogP contribution is 2.05. The van der Waals surface area contributed by atoms with E-state index in [1.54, 1.807) is 11.8 Å². The van der Waals surface area contributed by atoms with Crippen LogP contribution in [0.4, 0.5) is 0 Å². The molecule has 0 fully saturated rings. The van der Waals surface area contributed by atoms with Gasteiger partial charge in [0.25, 0.3) is 0 Å². The predicted octanol–water partition coefficient (Wildman–Crippen LogP) is -0.947.